The number of amides is 1. The van der Waals surface area contributed by atoms with Crippen molar-refractivity contribution in [1.29, 1.82) is 0 Å². The van der Waals surface area contributed by atoms with Crippen LogP contribution in [-0.2, 0) is 26.3 Å². The second-order valence-electron chi connectivity index (χ2n) is 11.0. The van der Waals surface area contributed by atoms with E-state index in [4.69, 9.17) is 28.2 Å². The number of sulfone groups is 1. The summed E-state index contributed by atoms with van der Waals surface area (Å²) in [5.41, 5.74) is 0.549. The van der Waals surface area contributed by atoms with Crippen LogP contribution in [0.5, 0.6) is 0 Å². The SMILES string of the molecule is CC(C)(C)NS(=O)(=O)c1ccc(-c2sc(C(=O)N3CCS(=O)(=O)CC3)nc2CC2CCCCC2)c(Cl)c1Cl. The Bertz CT molecular complexity index is 1410. The maximum Gasteiger partial charge on any atom is 0.282 e. The normalized spacial score (nSPS) is 19.0. The van der Waals surface area contributed by atoms with Gasteiger partial charge in [0.2, 0.25) is 10.0 Å². The number of nitrogens with one attached hydrogen (secondary N) is 1. The molecule has 1 saturated heterocycles. The number of rotatable bonds is 6. The molecule has 1 aromatic carbocycles. The van der Waals surface area contributed by atoms with Crippen molar-refractivity contribution in [2.24, 2.45) is 5.92 Å². The van der Waals surface area contributed by atoms with Crippen LogP contribution < -0.4 is 4.72 Å². The summed E-state index contributed by atoms with van der Waals surface area (Å²) in [5, 5.41) is 0.260. The van der Waals surface area contributed by atoms with Gasteiger partial charge in [-0.2, -0.15) is 0 Å². The van der Waals surface area contributed by atoms with E-state index in [0.717, 1.165) is 31.4 Å². The van der Waals surface area contributed by atoms with Crippen molar-refractivity contribution in [3.05, 3.63) is 32.9 Å². The van der Waals surface area contributed by atoms with Gasteiger partial charge < -0.3 is 4.90 Å². The Morgan fingerprint density at radius 2 is 1.74 bits per heavy atom. The molecule has 0 spiro atoms. The molecule has 2 fully saturated rings. The topological polar surface area (TPSA) is 114 Å². The number of sulfonamides is 1. The molecule has 1 N–H and O–H groups in total. The number of thiazole rings is 1. The van der Waals surface area contributed by atoms with Crippen LogP contribution in [0.15, 0.2) is 17.0 Å². The Labute approximate surface area is 239 Å². The van der Waals surface area contributed by atoms with Gasteiger partial charge in [0.15, 0.2) is 14.8 Å². The van der Waals surface area contributed by atoms with Gasteiger partial charge >= 0.3 is 0 Å². The van der Waals surface area contributed by atoms with Gasteiger partial charge in [0.25, 0.3) is 5.91 Å². The van der Waals surface area contributed by atoms with Crippen LogP contribution in [0.2, 0.25) is 10.0 Å². The van der Waals surface area contributed by atoms with Crippen molar-refractivity contribution < 1.29 is 21.6 Å². The minimum Gasteiger partial charge on any atom is -0.335 e. The Morgan fingerprint density at radius 1 is 1.11 bits per heavy atom. The molecular weight excluding hydrogens is 589 g/mol. The minimum atomic E-state index is -3.92. The first-order valence-electron chi connectivity index (χ1n) is 12.7. The van der Waals surface area contributed by atoms with E-state index in [1.54, 1.807) is 26.8 Å². The zero-order valence-corrected chi connectivity index (χ0v) is 25.7. The number of halogens is 2. The van der Waals surface area contributed by atoms with Crippen molar-refractivity contribution in [3.8, 4) is 10.4 Å². The van der Waals surface area contributed by atoms with Gasteiger partial charge in [0.05, 0.1) is 32.1 Å². The molecule has 0 atom stereocenters. The Balaban J connectivity index is 1.72. The highest BCUT2D eigenvalue weighted by molar-refractivity contribution is 7.91. The van der Waals surface area contributed by atoms with Gasteiger partial charge in [-0.1, -0.05) is 61.4 Å². The van der Waals surface area contributed by atoms with Crippen LogP contribution in [0.1, 0.15) is 68.4 Å². The van der Waals surface area contributed by atoms with E-state index >= 15 is 0 Å². The van der Waals surface area contributed by atoms with Crippen LogP contribution in [0.3, 0.4) is 0 Å². The number of hydrogen-bond donors (Lipinski definition) is 1. The average Bonchev–Trinajstić information content (AvgIpc) is 3.22. The predicted molar refractivity (Wildman–Crippen MR) is 152 cm³/mol. The lowest BCUT2D eigenvalue weighted by Crippen LogP contribution is -2.43. The first kappa shape index (κ1) is 29.7. The molecule has 0 unspecified atom stereocenters. The number of carbonyl (C=O) groups excluding carboxylic acids is 1. The summed E-state index contributed by atoms with van der Waals surface area (Å²) in [6.45, 7) is 5.47. The lowest BCUT2D eigenvalue weighted by Gasteiger charge is -2.25. The van der Waals surface area contributed by atoms with Crippen LogP contribution in [0.25, 0.3) is 10.4 Å². The van der Waals surface area contributed by atoms with E-state index in [1.807, 2.05) is 0 Å². The smallest absolute Gasteiger partial charge is 0.282 e. The van der Waals surface area contributed by atoms with Gasteiger partial charge in [-0.15, -0.1) is 11.3 Å². The predicted octanol–water partition coefficient (Wildman–Crippen LogP) is 5.19. The standard InChI is InChI=1S/C25H33Cl2N3O5S3/c1-25(2,3)29-38(34,35)19-10-9-17(20(26)21(19)27)22-18(15-16-7-5-4-6-8-16)28-23(36-22)24(31)30-11-13-37(32,33)14-12-30/h9-10,16,29H,4-8,11-15H2,1-3H3. The fourth-order valence-electron chi connectivity index (χ4n) is 4.88. The first-order chi connectivity index (χ1) is 17.7. The third-order valence-electron chi connectivity index (χ3n) is 6.74. The first-order valence-corrected chi connectivity index (χ1v) is 17.6. The molecule has 13 heteroatoms. The van der Waals surface area contributed by atoms with Crippen molar-refractivity contribution in [2.45, 2.75) is 69.7 Å². The van der Waals surface area contributed by atoms with Gasteiger partial charge in [0, 0.05) is 24.2 Å². The molecular formula is C25H33Cl2N3O5S3. The zero-order chi connectivity index (χ0) is 27.9. The second-order valence-corrected chi connectivity index (χ2v) is 16.8. The van der Waals surface area contributed by atoms with Crippen molar-refractivity contribution in [3.63, 3.8) is 0 Å². The maximum atomic E-state index is 13.3. The summed E-state index contributed by atoms with van der Waals surface area (Å²) in [7, 11) is -7.06. The highest BCUT2D eigenvalue weighted by atomic mass is 35.5. The van der Waals surface area contributed by atoms with Crippen LogP contribution in [0, 0.1) is 5.92 Å². The van der Waals surface area contributed by atoms with E-state index in [2.05, 4.69) is 4.72 Å². The molecule has 1 aliphatic heterocycles. The zero-order valence-electron chi connectivity index (χ0n) is 21.7. The molecule has 1 amide bonds. The summed E-state index contributed by atoms with van der Waals surface area (Å²) in [4.78, 5) is 20.1. The fourth-order valence-corrected chi connectivity index (χ4v) is 9.52. The second kappa shape index (κ2) is 11.3. The monoisotopic (exact) mass is 621 g/mol. The highest BCUT2D eigenvalue weighted by Crippen LogP contribution is 2.43. The van der Waals surface area contributed by atoms with E-state index in [1.165, 1.54) is 28.7 Å². The summed E-state index contributed by atoms with van der Waals surface area (Å²) in [6, 6.07) is 3.05. The van der Waals surface area contributed by atoms with Gasteiger partial charge in [-0.05, 0) is 39.2 Å². The Morgan fingerprint density at radius 3 is 2.34 bits per heavy atom. The molecule has 2 aromatic rings. The summed E-state index contributed by atoms with van der Waals surface area (Å²) < 4.78 is 52.2. The van der Waals surface area contributed by atoms with E-state index in [0.29, 0.717) is 22.8 Å². The molecule has 210 valence electrons. The summed E-state index contributed by atoms with van der Waals surface area (Å²) in [5.74, 6) is -0.00741. The molecule has 1 saturated carbocycles. The van der Waals surface area contributed by atoms with E-state index < -0.39 is 25.4 Å². The van der Waals surface area contributed by atoms with E-state index in [9.17, 15) is 21.6 Å². The lowest BCUT2D eigenvalue weighted by atomic mass is 9.85. The molecule has 38 heavy (non-hydrogen) atoms. The van der Waals surface area contributed by atoms with E-state index in [-0.39, 0.29) is 50.5 Å². The molecule has 2 aliphatic rings. The number of hydrogen-bond acceptors (Lipinski definition) is 7. The number of aromatic nitrogens is 1. The highest BCUT2D eigenvalue weighted by Gasteiger charge is 2.31. The summed E-state index contributed by atoms with van der Waals surface area (Å²) >= 11 is 14.4. The third kappa shape index (κ3) is 6.90. The fraction of sp³-hybridized carbons (Fsp3) is 0.600. The third-order valence-corrected chi connectivity index (χ3v) is 12.3. The van der Waals surface area contributed by atoms with Crippen molar-refractivity contribution in [2.75, 3.05) is 24.6 Å². The average molecular weight is 623 g/mol. The lowest BCUT2D eigenvalue weighted by molar-refractivity contribution is 0.0769. The number of carbonyl (C=O) groups is 1. The summed E-state index contributed by atoms with van der Waals surface area (Å²) in [6.07, 6.45) is 6.34. The van der Waals surface area contributed by atoms with Gasteiger partial charge in [-0.25, -0.2) is 26.5 Å². The van der Waals surface area contributed by atoms with Gasteiger partial charge in [0.1, 0.15) is 4.90 Å². The van der Waals surface area contributed by atoms with Crippen molar-refractivity contribution >= 4 is 60.3 Å². The quantitative estimate of drug-likeness (QED) is 0.475. The molecule has 0 bridgehead atoms. The largest absolute Gasteiger partial charge is 0.335 e. The van der Waals surface area contributed by atoms with Crippen LogP contribution in [-0.4, -0.2) is 62.8 Å². The molecule has 4 rings (SSSR count). The molecule has 0 radical (unpaired) electrons. The Kier molecular flexibility index (Phi) is 8.86. The molecule has 1 aliphatic carbocycles. The molecule has 2 heterocycles. The molecule has 8 nitrogen and oxygen atoms in total. The van der Waals surface area contributed by atoms with Crippen molar-refractivity contribution in [1.82, 2.24) is 14.6 Å². The van der Waals surface area contributed by atoms with Gasteiger partial charge in [-0.3, -0.25) is 4.79 Å². The minimum absolute atomic E-state index is 0.0636. The number of benzene rings is 1. The van der Waals surface area contributed by atoms with Crippen LogP contribution in [0.4, 0.5) is 0 Å². The maximum absolute atomic E-state index is 13.3. The molecule has 1 aromatic heterocycles. The van der Waals surface area contributed by atoms with Crippen LogP contribution >= 0.6 is 34.5 Å². The Hall–Kier alpha value is -1.24. The number of nitrogens with zero attached hydrogens (tertiary/aromatic N) is 2.